The Labute approximate surface area is 140 Å². The van der Waals surface area contributed by atoms with E-state index in [0.717, 1.165) is 41.0 Å². The molecule has 0 saturated heterocycles. The maximum absolute atomic E-state index is 12.1. The highest BCUT2D eigenvalue weighted by atomic mass is 16.5. The molecular formula is C18H23N3O3. The zero-order valence-corrected chi connectivity index (χ0v) is 14.4. The molecule has 0 amide bonds. The van der Waals surface area contributed by atoms with Crippen LogP contribution < -0.4 is 16.0 Å². The molecule has 6 nitrogen and oxygen atoms in total. The maximum Gasteiger partial charge on any atom is 0.330 e. The molecule has 0 spiro atoms. The lowest BCUT2D eigenvalue weighted by Crippen LogP contribution is -2.39. The number of para-hydroxylation sites is 1. The summed E-state index contributed by atoms with van der Waals surface area (Å²) >= 11 is 0. The van der Waals surface area contributed by atoms with Crippen molar-refractivity contribution < 1.29 is 4.74 Å². The Morgan fingerprint density at radius 2 is 1.83 bits per heavy atom. The quantitative estimate of drug-likeness (QED) is 0.800. The van der Waals surface area contributed by atoms with Crippen LogP contribution in [-0.4, -0.2) is 27.2 Å². The van der Waals surface area contributed by atoms with E-state index in [4.69, 9.17) is 4.74 Å². The number of rotatable bonds is 6. The van der Waals surface area contributed by atoms with Crippen molar-refractivity contribution in [2.75, 3.05) is 7.11 Å². The minimum absolute atomic E-state index is 0.263. The fourth-order valence-electron chi connectivity index (χ4n) is 2.94. The molecule has 1 fully saturated rings. The van der Waals surface area contributed by atoms with Crippen LogP contribution in [0.2, 0.25) is 0 Å². The highest BCUT2D eigenvalue weighted by molar-refractivity contribution is 5.33. The van der Waals surface area contributed by atoms with Gasteiger partial charge in [0.2, 0.25) is 0 Å². The smallest absolute Gasteiger partial charge is 0.330 e. The van der Waals surface area contributed by atoms with Gasteiger partial charge in [0.15, 0.2) is 0 Å². The Hall–Kier alpha value is -2.34. The van der Waals surface area contributed by atoms with Crippen LogP contribution >= 0.6 is 0 Å². The summed E-state index contributed by atoms with van der Waals surface area (Å²) in [6, 6.07) is 10.0. The van der Waals surface area contributed by atoms with E-state index in [1.165, 1.54) is 7.05 Å². The summed E-state index contributed by atoms with van der Waals surface area (Å²) < 4.78 is 8.12. The molecule has 0 unspecified atom stereocenters. The second kappa shape index (κ2) is 6.65. The standard InChI is InChI=1S/C18H23N3O3/c1-19-15(10-17(22)20(2)18(19)23)12-21(14-8-9-14)11-13-6-4-5-7-16(13)24-3/h4-7,10,14H,8-9,11-12H2,1-3H3. The van der Waals surface area contributed by atoms with Crippen molar-refractivity contribution in [3.63, 3.8) is 0 Å². The summed E-state index contributed by atoms with van der Waals surface area (Å²) in [7, 11) is 4.89. The van der Waals surface area contributed by atoms with E-state index in [0.29, 0.717) is 12.6 Å². The normalized spacial score (nSPS) is 14.2. The molecule has 0 atom stereocenters. The molecule has 1 aromatic heterocycles. The number of nitrogens with zero attached hydrogens (tertiary/aromatic N) is 3. The molecule has 24 heavy (non-hydrogen) atoms. The van der Waals surface area contributed by atoms with E-state index in [1.807, 2.05) is 18.2 Å². The van der Waals surface area contributed by atoms with Crippen LogP contribution in [0.3, 0.4) is 0 Å². The molecule has 1 heterocycles. The van der Waals surface area contributed by atoms with Crippen LogP contribution in [0.4, 0.5) is 0 Å². The molecule has 1 aliphatic rings. The van der Waals surface area contributed by atoms with Crippen molar-refractivity contribution in [2.45, 2.75) is 32.0 Å². The predicted molar refractivity (Wildman–Crippen MR) is 92.2 cm³/mol. The molecule has 1 aliphatic carbocycles. The third-order valence-corrected chi connectivity index (χ3v) is 4.62. The Kier molecular flexibility index (Phi) is 4.57. The van der Waals surface area contributed by atoms with Crippen molar-refractivity contribution in [2.24, 2.45) is 14.1 Å². The molecule has 1 saturated carbocycles. The molecule has 2 aromatic rings. The number of hydrogen-bond donors (Lipinski definition) is 0. The SMILES string of the molecule is COc1ccccc1CN(Cc1cc(=O)n(C)c(=O)n1C)C1CC1. The maximum atomic E-state index is 12.1. The van der Waals surface area contributed by atoms with Gasteiger partial charge < -0.3 is 4.74 Å². The summed E-state index contributed by atoms with van der Waals surface area (Å²) in [5.74, 6) is 0.862. The first-order valence-electron chi connectivity index (χ1n) is 8.13. The number of ether oxygens (including phenoxy) is 1. The van der Waals surface area contributed by atoms with Crippen molar-refractivity contribution in [3.05, 3.63) is 62.4 Å². The largest absolute Gasteiger partial charge is 0.496 e. The minimum Gasteiger partial charge on any atom is -0.496 e. The first-order chi connectivity index (χ1) is 11.5. The van der Waals surface area contributed by atoms with Gasteiger partial charge in [-0.15, -0.1) is 0 Å². The monoisotopic (exact) mass is 329 g/mol. The lowest BCUT2D eigenvalue weighted by atomic mass is 10.1. The predicted octanol–water partition coefficient (Wildman–Crippen LogP) is 1.26. The van der Waals surface area contributed by atoms with Crippen LogP contribution in [-0.2, 0) is 27.2 Å². The van der Waals surface area contributed by atoms with Gasteiger partial charge in [0.1, 0.15) is 5.75 Å². The molecule has 0 bridgehead atoms. The molecule has 1 aromatic carbocycles. The lowest BCUT2D eigenvalue weighted by Gasteiger charge is -2.24. The van der Waals surface area contributed by atoms with Crippen molar-refractivity contribution >= 4 is 0 Å². The van der Waals surface area contributed by atoms with Gasteiger partial charge in [-0.25, -0.2) is 4.79 Å². The van der Waals surface area contributed by atoms with Gasteiger partial charge in [-0.05, 0) is 18.9 Å². The topological polar surface area (TPSA) is 56.5 Å². The van der Waals surface area contributed by atoms with Gasteiger partial charge in [0.05, 0.1) is 7.11 Å². The number of aromatic nitrogens is 2. The van der Waals surface area contributed by atoms with Gasteiger partial charge in [-0.1, -0.05) is 18.2 Å². The Morgan fingerprint density at radius 1 is 1.12 bits per heavy atom. The van der Waals surface area contributed by atoms with E-state index in [-0.39, 0.29) is 11.2 Å². The van der Waals surface area contributed by atoms with Crippen LogP contribution in [0.1, 0.15) is 24.1 Å². The van der Waals surface area contributed by atoms with Crippen molar-refractivity contribution in [1.82, 2.24) is 14.0 Å². The highest BCUT2D eigenvalue weighted by Gasteiger charge is 2.30. The third kappa shape index (κ3) is 3.28. The molecule has 0 N–H and O–H groups in total. The van der Waals surface area contributed by atoms with Crippen molar-refractivity contribution in [1.29, 1.82) is 0 Å². The van der Waals surface area contributed by atoms with Gasteiger partial charge in [0.25, 0.3) is 5.56 Å². The van der Waals surface area contributed by atoms with E-state index < -0.39 is 0 Å². The fraction of sp³-hybridized carbons (Fsp3) is 0.444. The second-order valence-corrected chi connectivity index (χ2v) is 6.32. The first-order valence-corrected chi connectivity index (χ1v) is 8.13. The second-order valence-electron chi connectivity index (χ2n) is 6.32. The molecule has 0 aliphatic heterocycles. The molecule has 128 valence electrons. The zero-order valence-electron chi connectivity index (χ0n) is 14.4. The Morgan fingerprint density at radius 3 is 2.50 bits per heavy atom. The summed E-state index contributed by atoms with van der Waals surface area (Å²) in [6.07, 6.45) is 2.29. The summed E-state index contributed by atoms with van der Waals surface area (Å²) in [5, 5.41) is 0. The van der Waals surface area contributed by atoms with E-state index in [1.54, 1.807) is 24.8 Å². The van der Waals surface area contributed by atoms with E-state index in [9.17, 15) is 9.59 Å². The molecule has 3 rings (SSSR count). The van der Waals surface area contributed by atoms with Gasteiger partial charge >= 0.3 is 5.69 Å². The highest BCUT2D eigenvalue weighted by Crippen LogP contribution is 2.31. The fourth-order valence-corrected chi connectivity index (χ4v) is 2.94. The minimum atomic E-state index is -0.287. The molecule has 6 heteroatoms. The first kappa shape index (κ1) is 16.5. The van der Waals surface area contributed by atoms with E-state index >= 15 is 0 Å². The van der Waals surface area contributed by atoms with Crippen LogP contribution in [0.5, 0.6) is 5.75 Å². The summed E-state index contributed by atoms with van der Waals surface area (Å²) in [4.78, 5) is 26.4. The average molecular weight is 329 g/mol. The Balaban J connectivity index is 1.88. The van der Waals surface area contributed by atoms with Crippen LogP contribution in [0.25, 0.3) is 0 Å². The molecule has 0 radical (unpaired) electrons. The summed E-state index contributed by atoms with van der Waals surface area (Å²) in [6.45, 7) is 1.31. The van der Waals surface area contributed by atoms with Gasteiger partial charge in [0, 0.05) is 50.6 Å². The Bertz CT molecular complexity index is 849. The van der Waals surface area contributed by atoms with Gasteiger partial charge in [-0.2, -0.15) is 0 Å². The number of methoxy groups -OCH3 is 1. The lowest BCUT2D eigenvalue weighted by molar-refractivity contribution is 0.235. The van der Waals surface area contributed by atoms with Crippen LogP contribution in [0, 0.1) is 0 Å². The third-order valence-electron chi connectivity index (χ3n) is 4.62. The van der Waals surface area contributed by atoms with Crippen LogP contribution in [0.15, 0.2) is 39.9 Å². The summed E-state index contributed by atoms with van der Waals surface area (Å²) in [5.41, 5.74) is 1.30. The number of hydrogen-bond acceptors (Lipinski definition) is 4. The zero-order chi connectivity index (χ0) is 17.3. The van der Waals surface area contributed by atoms with Gasteiger partial charge in [-0.3, -0.25) is 18.8 Å². The van der Waals surface area contributed by atoms with E-state index in [2.05, 4.69) is 11.0 Å². The molecular weight excluding hydrogens is 306 g/mol. The average Bonchev–Trinajstić information content (AvgIpc) is 3.42. The number of benzene rings is 1. The van der Waals surface area contributed by atoms with Crippen molar-refractivity contribution in [3.8, 4) is 5.75 Å².